The Kier molecular flexibility index (Phi) is 4.78. The van der Waals surface area contributed by atoms with Crippen LogP contribution in [-0.2, 0) is 11.2 Å². The molecule has 1 aliphatic heterocycles. The Morgan fingerprint density at radius 1 is 1.43 bits per heavy atom. The number of benzene rings is 1. The van der Waals surface area contributed by atoms with Crippen molar-refractivity contribution in [2.24, 2.45) is 4.99 Å². The van der Waals surface area contributed by atoms with E-state index in [4.69, 9.17) is 0 Å². The Bertz CT molecular complexity index is 590. The molecule has 4 nitrogen and oxygen atoms in total. The molecule has 0 radical (unpaired) electrons. The number of rotatable bonds is 4. The summed E-state index contributed by atoms with van der Waals surface area (Å²) in [7, 11) is 1.81. The first-order valence-corrected chi connectivity index (χ1v) is 7.32. The van der Waals surface area contributed by atoms with Gasteiger partial charge in [-0.1, -0.05) is 12.1 Å². The van der Waals surface area contributed by atoms with Crippen LogP contribution in [0, 0.1) is 0 Å². The average Bonchev–Trinajstić information content (AvgIpc) is 2.88. The van der Waals surface area contributed by atoms with Crippen molar-refractivity contribution in [3.8, 4) is 0 Å². The number of carbonyl (C=O) groups is 1. The van der Waals surface area contributed by atoms with Crippen molar-refractivity contribution in [3.63, 3.8) is 0 Å². The SMILES string of the molecule is CC=N/C(=C\C)CN1CCc2ccc(N(C)C(C)=O)cc21. The molecule has 0 fully saturated rings. The maximum atomic E-state index is 11.5. The largest absolute Gasteiger partial charge is 0.365 e. The van der Waals surface area contributed by atoms with Crippen molar-refractivity contribution in [1.82, 2.24) is 0 Å². The highest BCUT2D eigenvalue weighted by Gasteiger charge is 2.21. The monoisotopic (exact) mass is 285 g/mol. The van der Waals surface area contributed by atoms with E-state index in [0.29, 0.717) is 0 Å². The second-order valence-corrected chi connectivity index (χ2v) is 5.23. The Morgan fingerprint density at radius 2 is 2.19 bits per heavy atom. The lowest BCUT2D eigenvalue weighted by molar-refractivity contribution is -0.116. The van der Waals surface area contributed by atoms with Gasteiger partial charge in [0.15, 0.2) is 0 Å². The van der Waals surface area contributed by atoms with Crippen LogP contribution in [0.4, 0.5) is 11.4 Å². The fourth-order valence-electron chi connectivity index (χ4n) is 2.56. The fourth-order valence-corrected chi connectivity index (χ4v) is 2.56. The minimum Gasteiger partial charge on any atom is -0.365 e. The van der Waals surface area contributed by atoms with E-state index in [1.165, 1.54) is 11.3 Å². The van der Waals surface area contributed by atoms with Crippen molar-refractivity contribution < 1.29 is 4.79 Å². The second kappa shape index (κ2) is 6.57. The van der Waals surface area contributed by atoms with Gasteiger partial charge in [0.2, 0.25) is 5.91 Å². The van der Waals surface area contributed by atoms with Crippen LogP contribution in [0.15, 0.2) is 35.0 Å². The van der Waals surface area contributed by atoms with Crippen molar-refractivity contribution in [3.05, 3.63) is 35.5 Å². The number of amides is 1. The van der Waals surface area contributed by atoms with E-state index in [-0.39, 0.29) is 5.91 Å². The highest BCUT2D eigenvalue weighted by atomic mass is 16.2. The van der Waals surface area contributed by atoms with Crippen molar-refractivity contribution >= 4 is 23.5 Å². The smallest absolute Gasteiger partial charge is 0.223 e. The van der Waals surface area contributed by atoms with Crippen LogP contribution >= 0.6 is 0 Å². The number of carbonyl (C=O) groups excluding carboxylic acids is 1. The first-order chi connectivity index (χ1) is 10.1. The molecule has 4 heteroatoms. The summed E-state index contributed by atoms with van der Waals surface area (Å²) >= 11 is 0. The summed E-state index contributed by atoms with van der Waals surface area (Å²) in [4.78, 5) is 19.9. The van der Waals surface area contributed by atoms with Gasteiger partial charge in [0.1, 0.15) is 0 Å². The molecule has 1 aromatic rings. The predicted octanol–water partition coefficient (Wildman–Crippen LogP) is 3.03. The number of hydrogen-bond donors (Lipinski definition) is 0. The molecule has 1 aromatic carbocycles. The van der Waals surface area contributed by atoms with E-state index >= 15 is 0 Å². The number of nitrogens with zero attached hydrogens (tertiary/aromatic N) is 3. The summed E-state index contributed by atoms with van der Waals surface area (Å²) in [6.07, 6.45) is 4.92. The molecule has 0 saturated heterocycles. The molecular formula is C17H23N3O. The normalized spacial score (nSPS) is 14.7. The minimum absolute atomic E-state index is 0.0456. The molecule has 0 saturated carbocycles. The van der Waals surface area contributed by atoms with Gasteiger partial charge in [-0.2, -0.15) is 0 Å². The average molecular weight is 285 g/mol. The van der Waals surface area contributed by atoms with Crippen LogP contribution in [0.1, 0.15) is 26.3 Å². The minimum atomic E-state index is 0.0456. The number of fused-ring (bicyclic) bond motifs is 1. The summed E-state index contributed by atoms with van der Waals surface area (Å²) in [5.41, 5.74) is 4.56. The maximum absolute atomic E-state index is 11.5. The zero-order valence-corrected chi connectivity index (χ0v) is 13.3. The Morgan fingerprint density at radius 3 is 2.81 bits per heavy atom. The third-order valence-corrected chi connectivity index (χ3v) is 3.90. The fraction of sp³-hybridized carbons (Fsp3) is 0.412. The third kappa shape index (κ3) is 3.32. The van der Waals surface area contributed by atoms with Crippen molar-refractivity contribution in [1.29, 1.82) is 0 Å². The molecule has 2 rings (SSSR count). The Hall–Kier alpha value is -2.10. The van der Waals surface area contributed by atoms with Crippen LogP contribution in [0.2, 0.25) is 0 Å². The topological polar surface area (TPSA) is 35.9 Å². The molecule has 1 aliphatic rings. The van der Waals surface area contributed by atoms with E-state index in [2.05, 4.69) is 22.0 Å². The summed E-state index contributed by atoms with van der Waals surface area (Å²) < 4.78 is 0. The lowest BCUT2D eigenvalue weighted by Gasteiger charge is -2.22. The van der Waals surface area contributed by atoms with Crippen LogP contribution in [-0.4, -0.2) is 32.3 Å². The molecule has 0 unspecified atom stereocenters. The summed E-state index contributed by atoms with van der Waals surface area (Å²) in [5, 5.41) is 0. The van der Waals surface area contributed by atoms with Gasteiger partial charge in [-0.05, 0) is 38.0 Å². The molecule has 0 bridgehead atoms. The standard InChI is InChI=1S/C17H23N3O/c1-5-15(18-6-2)12-20-10-9-14-7-8-16(11-17(14)20)19(4)13(3)21/h5-8,11H,9-10,12H2,1-4H3/b15-5-,18-6?. The first kappa shape index (κ1) is 15.3. The molecular weight excluding hydrogens is 262 g/mol. The Balaban J connectivity index is 2.26. The highest BCUT2D eigenvalue weighted by Crippen LogP contribution is 2.32. The van der Waals surface area contributed by atoms with Crippen LogP contribution < -0.4 is 9.80 Å². The molecule has 0 N–H and O–H groups in total. The van der Waals surface area contributed by atoms with Gasteiger partial charge < -0.3 is 9.80 Å². The van der Waals surface area contributed by atoms with Crippen molar-refractivity contribution in [2.75, 3.05) is 29.9 Å². The number of anilines is 2. The van der Waals surface area contributed by atoms with Crippen LogP contribution in [0.5, 0.6) is 0 Å². The van der Waals surface area contributed by atoms with Crippen molar-refractivity contribution in [2.45, 2.75) is 27.2 Å². The van der Waals surface area contributed by atoms with Crippen LogP contribution in [0.25, 0.3) is 0 Å². The van der Waals surface area contributed by atoms with Gasteiger partial charge in [0.05, 0.1) is 12.2 Å². The zero-order valence-electron chi connectivity index (χ0n) is 13.3. The lowest BCUT2D eigenvalue weighted by atomic mass is 10.1. The molecule has 0 atom stereocenters. The second-order valence-electron chi connectivity index (χ2n) is 5.23. The van der Waals surface area contributed by atoms with E-state index in [1.807, 2.05) is 39.3 Å². The van der Waals surface area contributed by atoms with E-state index in [9.17, 15) is 4.79 Å². The first-order valence-electron chi connectivity index (χ1n) is 7.32. The van der Waals surface area contributed by atoms with Gasteiger partial charge in [-0.15, -0.1) is 0 Å². The highest BCUT2D eigenvalue weighted by molar-refractivity contribution is 5.91. The summed E-state index contributed by atoms with van der Waals surface area (Å²) in [6.45, 7) is 7.33. The third-order valence-electron chi connectivity index (χ3n) is 3.90. The molecule has 0 spiro atoms. The van der Waals surface area contributed by atoms with Gasteiger partial charge >= 0.3 is 0 Å². The summed E-state index contributed by atoms with van der Waals surface area (Å²) in [5.74, 6) is 0.0456. The molecule has 1 amide bonds. The molecule has 112 valence electrons. The maximum Gasteiger partial charge on any atom is 0.223 e. The molecule has 21 heavy (non-hydrogen) atoms. The van der Waals surface area contributed by atoms with Crippen LogP contribution in [0.3, 0.4) is 0 Å². The van der Waals surface area contributed by atoms with Gasteiger partial charge in [0.25, 0.3) is 0 Å². The molecule has 0 aliphatic carbocycles. The van der Waals surface area contributed by atoms with Gasteiger partial charge in [-0.25, -0.2) is 0 Å². The summed E-state index contributed by atoms with van der Waals surface area (Å²) in [6, 6.07) is 6.25. The van der Waals surface area contributed by atoms with E-state index in [0.717, 1.165) is 30.9 Å². The number of aliphatic imine (C=N–C) groups is 1. The van der Waals surface area contributed by atoms with E-state index < -0.39 is 0 Å². The Labute approximate surface area is 126 Å². The van der Waals surface area contributed by atoms with Gasteiger partial charge in [0, 0.05) is 38.1 Å². The zero-order chi connectivity index (χ0) is 15.4. The molecule has 0 aromatic heterocycles. The molecule has 1 heterocycles. The lowest BCUT2D eigenvalue weighted by Crippen LogP contribution is -2.25. The van der Waals surface area contributed by atoms with Gasteiger partial charge in [-0.3, -0.25) is 9.79 Å². The predicted molar refractivity (Wildman–Crippen MR) is 89.4 cm³/mol. The number of hydrogen-bond acceptors (Lipinski definition) is 3. The van der Waals surface area contributed by atoms with E-state index in [1.54, 1.807) is 11.8 Å². The number of allylic oxidation sites excluding steroid dienone is 1. The quantitative estimate of drug-likeness (QED) is 0.797.